The van der Waals surface area contributed by atoms with E-state index in [1.165, 1.54) is 11.1 Å². The van der Waals surface area contributed by atoms with Crippen LogP contribution in [0.3, 0.4) is 0 Å². The normalized spacial score (nSPS) is 10.5. The third-order valence-electron chi connectivity index (χ3n) is 3.25. The predicted octanol–water partition coefficient (Wildman–Crippen LogP) is 3.88. The van der Waals surface area contributed by atoms with Crippen molar-refractivity contribution in [3.63, 3.8) is 0 Å². The number of carboxylic acid groups (broad SMARTS) is 1. The Hall–Kier alpha value is -1.94. The van der Waals surface area contributed by atoms with Crippen molar-refractivity contribution in [3.05, 3.63) is 58.7 Å². The molecule has 2 aromatic carbocycles. The van der Waals surface area contributed by atoms with Crippen LogP contribution in [0, 0.1) is 13.8 Å². The minimum absolute atomic E-state index is 0.178. The number of nitrogens with two attached hydrogens (primary N) is 1. The van der Waals surface area contributed by atoms with Gasteiger partial charge in [0.1, 0.15) is 0 Å². The van der Waals surface area contributed by atoms with Gasteiger partial charge >= 0.3 is 5.97 Å². The lowest BCUT2D eigenvalue weighted by molar-refractivity contribution is 0.0697. The first-order chi connectivity index (χ1) is 9.49. The molecule has 0 bridgehead atoms. The van der Waals surface area contributed by atoms with E-state index in [-0.39, 0.29) is 5.56 Å². The second-order valence-electron chi connectivity index (χ2n) is 4.72. The number of carboxylic acids is 1. The van der Waals surface area contributed by atoms with Crippen LogP contribution in [-0.4, -0.2) is 11.1 Å². The van der Waals surface area contributed by atoms with Gasteiger partial charge in [0.2, 0.25) is 0 Å². The molecule has 0 fully saturated rings. The molecule has 0 unspecified atom stereocenters. The number of anilines is 1. The highest BCUT2D eigenvalue weighted by molar-refractivity contribution is 7.98. The maximum Gasteiger partial charge on any atom is 0.337 e. The number of hydrogen-bond donors (Lipinski definition) is 2. The monoisotopic (exact) mass is 287 g/mol. The Morgan fingerprint density at radius 2 is 1.90 bits per heavy atom. The molecule has 0 aromatic heterocycles. The molecular weight excluding hydrogens is 270 g/mol. The fourth-order valence-corrected chi connectivity index (χ4v) is 3.07. The zero-order valence-electron chi connectivity index (χ0n) is 11.5. The maximum absolute atomic E-state index is 11.2. The van der Waals surface area contributed by atoms with E-state index in [1.54, 1.807) is 17.8 Å². The quantitative estimate of drug-likeness (QED) is 0.661. The standard InChI is InChI=1S/C16H17NO2S/c1-10-5-3-4-6-12(10)9-20-13-7-11(2)15(17)14(8-13)16(18)19/h3-8H,9,17H2,1-2H3,(H,18,19). The molecule has 3 N–H and O–H groups in total. The van der Waals surface area contributed by atoms with Crippen LogP contribution in [0.4, 0.5) is 5.69 Å². The molecule has 0 amide bonds. The van der Waals surface area contributed by atoms with Gasteiger partial charge in [-0.25, -0.2) is 4.79 Å². The fraction of sp³-hybridized carbons (Fsp3) is 0.188. The Morgan fingerprint density at radius 1 is 1.20 bits per heavy atom. The molecule has 20 heavy (non-hydrogen) atoms. The van der Waals surface area contributed by atoms with Crippen molar-refractivity contribution in [2.45, 2.75) is 24.5 Å². The van der Waals surface area contributed by atoms with Crippen molar-refractivity contribution in [2.75, 3.05) is 5.73 Å². The van der Waals surface area contributed by atoms with Gasteiger partial charge in [-0.15, -0.1) is 11.8 Å². The molecule has 0 saturated heterocycles. The average molecular weight is 287 g/mol. The number of benzene rings is 2. The molecule has 0 aliphatic heterocycles. The van der Waals surface area contributed by atoms with Crippen molar-refractivity contribution < 1.29 is 9.90 Å². The largest absolute Gasteiger partial charge is 0.478 e. The summed E-state index contributed by atoms with van der Waals surface area (Å²) < 4.78 is 0. The first kappa shape index (κ1) is 14.5. The molecule has 0 radical (unpaired) electrons. The molecule has 0 saturated carbocycles. The number of aryl methyl sites for hydroxylation is 2. The second kappa shape index (κ2) is 6.01. The van der Waals surface area contributed by atoms with Gasteiger partial charge in [-0.1, -0.05) is 24.3 Å². The highest BCUT2D eigenvalue weighted by Crippen LogP contribution is 2.29. The van der Waals surface area contributed by atoms with E-state index < -0.39 is 5.97 Å². The second-order valence-corrected chi connectivity index (χ2v) is 5.77. The SMILES string of the molecule is Cc1ccccc1CSc1cc(C)c(N)c(C(=O)O)c1. The van der Waals surface area contributed by atoms with Gasteiger partial charge in [-0.3, -0.25) is 0 Å². The third-order valence-corrected chi connectivity index (χ3v) is 4.27. The van der Waals surface area contributed by atoms with E-state index in [4.69, 9.17) is 10.8 Å². The highest BCUT2D eigenvalue weighted by Gasteiger charge is 2.12. The molecule has 2 rings (SSSR count). The summed E-state index contributed by atoms with van der Waals surface area (Å²) in [6.07, 6.45) is 0. The Bertz CT molecular complexity index is 653. The lowest BCUT2D eigenvalue weighted by Gasteiger charge is -2.10. The van der Waals surface area contributed by atoms with Gasteiger partial charge in [0.15, 0.2) is 0 Å². The minimum Gasteiger partial charge on any atom is -0.478 e. The number of nitrogen functional groups attached to an aromatic ring is 1. The lowest BCUT2D eigenvalue weighted by atomic mass is 10.1. The summed E-state index contributed by atoms with van der Waals surface area (Å²) in [6.45, 7) is 3.91. The Morgan fingerprint density at radius 3 is 2.55 bits per heavy atom. The molecule has 3 nitrogen and oxygen atoms in total. The van der Waals surface area contributed by atoms with Crippen LogP contribution in [0.5, 0.6) is 0 Å². The van der Waals surface area contributed by atoms with Crippen LogP contribution < -0.4 is 5.73 Å². The summed E-state index contributed by atoms with van der Waals surface area (Å²) in [4.78, 5) is 12.1. The Balaban J connectivity index is 2.22. The summed E-state index contributed by atoms with van der Waals surface area (Å²) in [5.74, 6) is -0.168. The van der Waals surface area contributed by atoms with Gasteiger partial charge < -0.3 is 10.8 Å². The van der Waals surface area contributed by atoms with E-state index >= 15 is 0 Å². The molecule has 2 aromatic rings. The Kier molecular flexibility index (Phi) is 4.35. The summed E-state index contributed by atoms with van der Waals surface area (Å²) in [5.41, 5.74) is 9.61. The van der Waals surface area contributed by atoms with E-state index in [0.29, 0.717) is 5.69 Å². The molecule has 104 valence electrons. The maximum atomic E-state index is 11.2. The van der Waals surface area contributed by atoms with Gasteiger partial charge in [-0.2, -0.15) is 0 Å². The summed E-state index contributed by atoms with van der Waals surface area (Å²) in [6, 6.07) is 11.8. The number of thioether (sulfide) groups is 1. The fourth-order valence-electron chi connectivity index (χ4n) is 1.96. The van der Waals surface area contributed by atoms with Crippen molar-refractivity contribution in [1.29, 1.82) is 0 Å². The Labute approximate surface area is 122 Å². The lowest BCUT2D eigenvalue weighted by Crippen LogP contribution is -2.04. The smallest absolute Gasteiger partial charge is 0.337 e. The van der Waals surface area contributed by atoms with Gasteiger partial charge in [0, 0.05) is 16.3 Å². The molecule has 0 aliphatic rings. The topological polar surface area (TPSA) is 63.3 Å². The molecule has 0 atom stereocenters. The molecular formula is C16H17NO2S. The van der Waals surface area contributed by atoms with Crippen molar-refractivity contribution in [2.24, 2.45) is 0 Å². The predicted molar refractivity (Wildman–Crippen MR) is 83.3 cm³/mol. The molecule has 0 heterocycles. The van der Waals surface area contributed by atoms with Crippen molar-refractivity contribution in [1.82, 2.24) is 0 Å². The van der Waals surface area contributed by atoms with Gasteiger partial charge in [0.25, 0.3) is 0 Å². The third kappa shape index (κ3) is 3.14. The van der Waals surface area contributed by atoms with Crippen molar-refractivity contribution in [3.8, 4) is 0 Å². The number of carbonyl (C=O) groups is 1. The molecule has 0 spiro atoms. The number of aromatic carboxylic acids is 1. The van der Waals surface area contributed by atoms with Crippen LogP contribution in [0.25, 0.3) is 0 Å². The van der Waals surface area contributed by atoms with Crippen LogP contribution in [0.1, 0.15) is 27.0 Å². The van der Waals surface area contributed by atoms with E-state index in [2.05, 4.69) is 19.1 Å². The zero-order valence-corrected chi connectivity index (χ0v) is 12.3. The first-order valence-electron chi connectivity index (χ1n) is 6.29. The number of rotatable bonds is 4. The summed E-state index contributed by atoms with van der Waals surface area (Å²) >= 11 is 1.62. The van der Waals surface area contributed by atoms with Gasteiger partial charge in [0.05, 0.1) is 5.56 Å². The summed E-state index contributed by atoms with van der Waals surface area (Å²) in [7, 11) is 0. The highest BCUT2D eigenvalue weighted by atomic mass is 32.2. The van der Waals surface area contributed by atoms with Crippen LogP contribution in [-0.2, 0) is 5.75 Å². The molecule has 4 heteroatoms. The van der Waals surface area contributed by atoms with E-state index in [1.807, 2.05) is 25.1 Å². The van der Waals surface area contributed by atoms with E-state index in [9.17, 15) is 4.79 Å². The summed E-state index contributed by atoms with van der Waals surface area (Å²) in [5, 5.41) is 9.15. The number of hydrogen-bond acceptors (Lipinski definition) is 3. The van der Waals surface area contributed by atoms with Crippen LogP contribution in [0.15, 0.2) is 41.3 Å². The van der Waals surface area contributed by atoms with Gasteiger partial charge in [-0.05, 0) is 42.7 Å². The van der Waals surface area contributed by atoms with Crippen molar-refractivity contribution >= 4 is 23.4 Å². The first-order valence-corrected chi connectivity index (χ1v) is 7.28. The van der Waals surface area contributed by atoms with E-state index in [0.717, 1.165) is 16.2 Å². The molecule has 0 aliphatic carbocycles. The van der Waals surface area contributed by atoms with Crippen LogP contribution in [0.2, 0.25) is 0 Å². The van der Waals surface area contributed by atoms with Crippen LogP contribution >= 0.6 is 11.8 Å². The average Bonchev–Trinajstić information content (AvgIpc) is 2.41. The minimum atomic E-state index is -0.982. The zero-order chi connectivity index (χ0) is 14.7.